The first-order valence-electron chi connectivity index (χ1n) is 10.6. The number of aromatic nitrogens is 2. The summed E-state index contributed by atoms with van der Waals surface area (Å²) in [4.78, 5) is 27.3. The van der Waals surface area contributed by atoms with E-state index in [1.807, 2.05) is 29.2 Å². The van der Waals surface area contributed by atoms with Crippen molar-refractivity contribution in [2.75, 3.05) is 63.9 Å². The lowest BCUT2D eigenvalue weighted by Gasteiger charge is -2.37. The van der Waals surface area contributed by atoms with Crippen LogP contribution in [-0.2, 0) is 9.53 Å². The minimum absolute atomic E-state index is 0.229. The number of ether oxygens (including phenoxy) is 1. The Morgan fingerprint density at radius 2 is 1.77 bits per heavy atom. The summed E-state index contributed by atoms with van der Waals surface area (Å²) in [5.41, 5.74) is 4.28. The lowest BCUT2D eigenvalue weighted by Crippen LogP contribution is -2.52. The number of carbonyl (C=O) groups is 1. The summed E-state index contributed by atoms with van der Waals surface area (Å²) in [6.45, 7) is 6.86. The summed E-state index contributed by atoms with van der Waals surface area (Å²) in [5.74, 6) is 1.12. The second-order valence-electron chi connectivity index (χ2n) is 7.91. The Bertz CT molecular complexity index is 986. The highest BCUT2D eigenvalue weighted by atomic mass is 16.5. The number of anilines is 1. The van der Waals surface area contributed by atoms with E-state index in [0.717, 1.165) is 74.9 Å². The number of morpholine rings is 1. The summed E-state index contributed by atoms with van der Waals surface area (Å²) in [5, 5.41) is 0. The number of piperazine rings is 1. The summed E-state index contributed by atoms with van der Waals surface area (Å²) in [6.07, 6.45) is 0. The summed E-state index contributed by atoms with van der Waals surface area (Å²) in [6, 6.07) is 16.6. The van der Waals surface area contributed by atoms with Gasteiger partial charge < -0.3 is 19.5 Å². The van der Waals surface area contributed by atoms with E-state index in [4.69, 9.17) is 9.72 Å². The molecule has 2 saturated heterocycles. The molecule has 0 aliphatic carbocycles. The predicted molar refractivity (Wildman–Crippen MR) is 118 cm³/mol. The molecule has 0 spiro atoms. The minimum atomic E-state index is 0.229. The number of imidazole rings is 1. The van der Waals surface area contributed by atoms with Gasteiger partial charge >= 0.3 is 0 Å². The van der Waals surface area contributed by atoms with Gasteiger partial charge in [-0.1, -0.05) is 24.3 Å². The van der Waals surface area contributed by atoms with E-state index < -0.39 is 0 Å². The van der Waals surface area contributed by atoms with E-state index in [0.29, 0.717) is 6.54 Å². The number of hydrogen-bond acceptors (Lipinski definition) is 5. The molecule has 3 aromatic rings. The van der Waals surface area contributed by atoms with Crippen LogP contribution in [0.25, 0.3) is 22.4 Å². The van der Waals surface area contributed by atoms with Crippen molar-refractivity contribution in [3.05, 3.63) is 48.5 Å². The first-order chi connectivity index (χ1) is 14.8. The number of H-pyrrole nitrogens is 1. The molecule has 7 heteroatoms. The van der Waals surface area contributed by atoms with Crippen LogP contribution in [0.1, 0.15) is 0 Å². The summed E-state index contributed by atoms with van der Waals surface area (Å²) < 4.78 is 5.37. The minimum Gasteiger partial charge on any atom is -0.379 e. The Morgan fingerprint density at radius 3 is 2.57 bits per heavy atom. The van der Waals surface area contributed by atoms with E-state index in [-0.39, 0.29) is 5.91 Å². The smallest absolute Gasteiger partial charge is 0.236 e. The molecule has 0 unspecified atom stereocenters. The van der Waals surface area contributed by atoms with E-state index in [1.54, 1.807) is 0 Å². The SMILES string of the molecule is O=C(CN1CCOCC1)N1CCN(c2cccc(-c3nc4ccccc4[nH]3)c2)CC1. The van der Waals surface area contributed by atoms with Crippen LogP contribution in [0.2, 0.25) is 0 Å². The normalized spacial score (nSPS) is 18.1. The van der Waals surface area contributed by atoms with Crippen LogP contribution in [0, 0.1) is 0 Å². The fourth-order valence-electron chi connectivity index (χ4n) is 4.20. The topological polar surface area (TPSA) is 64.7 Å². The van der Waals surface area contributed by atoms with Gasteiger partial charge in [-0.2, -0.15) is 0 Å². The monoisotopic (exact) mass is 405 g/mol. The van der Waals surface area contributed by atoms with Gasteiger partial charge in [0.15, 0.2) is 0 Å². The van der Waals surface area contributed by atoms with E-state index in [1.165, 1.54) is 5.69 Å². The van der Waals surface area contributed by atoms with Crippen molar-refractivity contribution in [2.24, 2.45) is 0 Å². The van der Waals surface area contributed by atoms with Crippen molar-refractivity contribution in [1.29, 1.82) is 0 Å². The van der Waals surface area contributed by atoms with Crippen molar-refractivity contribution in [3.8, 4) is 11.4 Å². The van der Waals surface area contributed by atoms with Gasteiger partial charge in [0, 0.05) is 50.5 Å². The molecule has 0 atom stereocenters. The highest BCUT2D eigenvalue weighted by molar-refractivity contribution is 5.80. The zero-order valence-electron chi connectivity index (χ0n) is 17.1. The zero-order chi connectivity index (χ0) is 20.3. The number of amides is 1. The summed E-state index contributed by atoms with van der Waals surface area (Å²) >= 11 is 0. The Hall–Kier alpha value is -2.90. The Morgan fingerprint density at radius 1 is 0.967 bits per heavy atom. The number of rotatable bonds is 4. The van der Waals surface area contributed by atoms with Gasteiger partial charge in [0.25, 0.3) is 0 Å². The van der Waals surface area contributed by atoms with Gasteiger partial charge in [-0.3, -0.25) is 9.69 Å². The maximum absolute atomic E-state index is 12.6. The number of benzene rings is 2. The average Bonchev–Trinajstić information content (AvgIpc) is 3.24. The number of aromatic amines is 1. The average molecular weight is 406 g/mol. The molecule has 0 saturated carbocycles. The number of nitrogens with one attached hydrogen (secondary N) is 1. The van der Waals surface area contributed by atoms with Crippen molar-refractivity contribution in [1.82, 2.24) is 19.8 Å². The molecular formula is C23H27N5O2. The van der Waals surface area contributed by atoms with Gasteiger partial charge in [-0.15, -0.1) is 0 Å². The van der Waals surface area contributed by atoms with E-state index >= 15 is 0 Å². The molecule has 2 aliphatic rings. The molecular weight excluding hydrogens is 378 g/mol. The van der Waals surface area contributed by atoms with Gasteiger partial charge in [0.05, 0.1) is 30.8 Å². The molecule has 1 N–H and O–H groups in total. The molecule has 1 aromatic heterocycles. The van der Waals surface area contributed by atoms with Crippen molar-refractivity contribution in [3.63, 3.8) is 0 Å². The van der Waals surface area contributed by atoms with Gasteiger partial charge in [0.1, 0.15) is 5.82 Å². The van der Waals surface area contributed by atoms with Crippen molar-refractivity contribution >= 4 is 22.6 Å². The highest BCUT2D eigenvalue weighted by Crippen LogP contribution is 2.25. The van der Waals surface area contributed by atoms with E-state index in [2.05, 4.69) is 39.0 Å². The highest BCUT2D eigenvalue weighted by Gasteiger charge is 2.24. The molecule has 0 bridgehead atoms. The largest absolute Gasteiger partial charge is 0.379 e. The number of para-hydroxylation sites is 2. The van der Waals surface area contributed by atoms with Gasteiger partial charge in [0.2, 0.25) is 5.91 Å². The molecule has 1 amide bonds. The number of hydrogen-bond donors (Lipinski definition) is 1. The molecule has 5 rings (SSSR count). The molecule has 7 nitrogen and oxygen atoms in total. The van der Waals surface area contributed by atoms with Crippen LogP contribution >= 0.6 is 0 Å². The van der Waals surface area contributed by atoms with Crippen molar-refractivity contribution in [2.45, 2.75) is 0 Å². The fourth-order valence-corrected chi connectivity index (χ4v) is 4.20. The molecule has 3 heterocycles. The Balaban J connectivity index is 1.23. The molecule has 2 aromatic carbocycles. The first kappa shape index (κ1) is 19.1. The van der Waals surface area contributed by atoms with Crippen LogP contribution in [0.3, 0.4) is 0 Å². The molecule has 2 aliphatic heterocycles. The fraction of sp³-hybridized carbons (Fsp3) is 0.391. The Kier molecular flexibility index (Phi) is 5.38. The predicted octanol–water partition coefficient (Wildman–Crippen LogP) is 2.21. The third-order valence-corrected chi connectivity index (χ3v) is 5.97. The van der Waals surface area contributed by atoms with Gasteiger partial charge in [-0.05, 0) is 24.3 Å². The van der Waals surface area contributed by atoms with Gasteiger partial charge in [-0.25, -0.2) is 4.98 Å². The van der Waals surface area contributed by atoms with Crippen molar-refractivity contribution < 1.29 is 9.53 Å². The first-order valence-corrected chi connectivity index (χ1v) is 10.6. The third-order valence-electron chi connectivity index (χ3n) is 5.97. The second kappa shape index (κ2) is 8.45. The summed E-state index contributed by atoms with van der Waals surface area (Å²) in [7, 11) is 0. The van der Waals surface area contributed by atoms with Crippen LogP contribution in [0.5, 0.6) is 0 Å². The Labute approximate surface area is 176 Å². The number of nitrogens with zero attached hydrogens (tertiary/aromatic N) is 4. The molecule has 156 valence electrons. The van der Waals surface area contributed by atoms with Crippen LogP contribution in [0.4, 0.5) is 5.69 Å². The van der Waals surface area contributed by atoms with Crippen LogP contribution in [-0.4, -0.2) is 84.7 Å². The number of carbonyl (C=O) groups excluding carboxylic acids is 1. The maximum Gasteiger partial charge on any atom is 0.236 e. The van der Waals surface area contributed by atoms with E-state index in [9.17, 15) is 4.79 Å². The molecule has 2 fully saturated rings. The quantitative estimate of drug-likeness (QED) is 0.721. The van der Waals surface area contributed by atoms with Crippen LogP contribution in [0.15, 0.2) is 48.5 Å². The second-order valence-corrected chi connectivity index (χ2v) is 7.91. The molecule has 0 radical (unpaired) electrons. The standard InChI is InChI=1S/C23H27N5O2/c29-22(17-26-12-14-30-15-13-26)28-10-8-27(9-11-28)19-5-3-4-18(16-19)23-24-20-6-1-2-7-21(20)25-23/h1-7,16H,8-15,17H2,(H,24,25). The molecule has 30 heavy (non-hydrogen) atoms. The maximum atomic E-state index is 12.6. The third kappa shape index (κ3) is 4.04. The lowest BCUT2D eigenvalue weighted by molar-refractivity contribution is -0.133. The lowest BCUT2D eigenvalue weighted by atomic mass is 10.1. The number of fused-ring (bicyclic) bond motifs is 1. The zero-order valence-corrected chi connectivity index (χ0v) is 17.1. The van der Waals surface area contributed by atoms with Crippen LogP contribution < -0.4 is 4.90 Å².